The first-order valence-electron chi connectivity index (χ1n) is 9.19. The molecule has 1 aromatic rings. The minimum Gasteiger partial charge on any atom is -0.493 e. The number of carbonyl (C=O) groups is 2. The zero-order valence-electron chi connectivity index (χ0n) is 16.3. The van der Waals surface area contributed by atoms with Gasteiger partial charge in [0.25, 0.3) is 0 Å². The minimum atomic E-state index is -1.08. The van der Waals surface area contributed by atoms with Crippen LogP contribution in [0.4, 0.5) is 0 Å². The van der Waals surface area contributed by atoms with Crippen LogP contribution in [0.25, 0.3) is 0 Å². The number of amides is 1. The molecule has 0 bridgehead atoms. The maximum atomic E-state index is 12.8. The molecule has 28 heavy (non-hydrogen) atoms. The van der Waals surface area contributed by atoms with Crippen LogP contribution in [0.2, 0.25) is 0 Å². The lowest BCUT2D eigenvalue weighted by atomic mass is 9.91. The number of ether oxygens (including phenoxy) is 4. The van der Waals surface area contributed by atoms with Crippen LogP contribution in [0.1, 0.15) is 18.5 Å². The summed E-state index contributed by atoms with van der Waals surface area (Å²) in [6.07, 6.45) is 0. The lowest BCUT2D eigenvalue weighted by molar-refractivity contribution is -0.153. The van der Waals surface area contributed by atoms with Gasteiger partial charge < -0.3 is 23.8 Å². The number of morpholine rings is 1. The molecule has 0 aromatic heterocycles. The Hall–Kier alpha value is -2.81. The molecule has 9 heteroatoms. The van der Waals surface area contributed by atoms with E-state index in [2.05, 4.69) is 5.32 Å². The van der Waals surface area contributed by atoms with Crippen LogP contribution >= 0.6 is 0 Å². The minimum absolute atomic E-state index is 0.182. The molecule has 2 heterocycles. The summed E-state index contributed by atoms with van der Waals surface area (Å²) in [6, 6.07) is 4.50. The van der Waals surface area contributed by atoms with Gasteiger partial charge in [0.2, 0.25) is 11.9 Å². The molecule has 1 aromatic carbocycles. The number of rotatable bonds is 5. The summed E-state index contributed by atoms with van der Waals surface area (Å²) in [5.74, 6) is -0.635. The topological polar surface area (TPSA) is 98.7 Å². The second kappa shape index (κ2) is 8.92. The average molecular weight is 391 g/mol. The van der Waals surface area contributed by atoms with Gasteiger partial charge in [0.15, 0.2) is 17.4 Å². The number of nitrogens with zero attached hydrogens (tertiary/aromatic N) is 2. The molecule has 0 unspecified atom stereocenters. The Balaban J connectivity index is 2.01. The van der Waals surface area contributed by atoms with Crippen molar-refractivity contribution in [3.05, 3.63) is 23.8 Å². The summed E-state index contributed by atoms with van der Waals surface area (Å²) in [7, 11) is 3.07. The Kier molecular flexibility index (Phi) is 6.35. The van der Waals surface area contributed by atoms with E-state index in [0.29, 0.717) is 49.3 Å². The fourth-order valence-electron chi connectivity index (χ4n) is 3.28. The molecule has 0 radical (unpaired) electrons. The number of nitrogens with one attached hydrogen (secondary N) is 1. The van der Waals surface area contributed by atoms with Crippen LogP contribution < -0.4 is 14.8 Å². The van der Waals surface area contributed by atoms with Crippen molar-refractivity contribution in [3.63, 3.8) is 0 Å². The van der Waals surface area contributed by atoms with Crippen molar-refractivity contribution in [2.24, 2.45) is 10.9 Å². The van der Waals surface area contributed by atoms with Crippen molar-refractivity contribution in [3.8, 4) is 11.5 Å². The molecule has 152 valence electrons. The van der Waals surface area contributed by atoms with E-state index in [4.69, 9.17) is 23.9 Å². The molecule has 1 fully saturated rings. The Morgan fingerprint density at radius 3 is 2.61 bits per heavy atom. The molecule has 0 aliphatic carbocycles. The molecule has 0 saturated carbocycles. The zero-order chi connectivity index (χ0) is 20.1. The van der Waals surface area contributed by atoms with Gasteiger partial charge in [0, 0.05) is 13.1 Å². The number of carbonyl (C=O) groups excluding carboxylic acids is 2. The first-order valence-corrected chi connectivity index (χ1v) is 9.19. The molecule has 3 rings (SSSR count). The number of methoxy groups -OCH3 is 2. The fraction of sp³-hybridized carbons (Fsp3) is 0.526. The van der Waals surface area contributed by atoms with Crippen molar-refractivity contribution >= 4 is 17.8 Å². The van der Waals surface area contributed by atoms with Gasteiger partial charge in [0.1, 0.15) is 6.04 Å². The van der Waals surface area contributed by atoms with Crippen molar-refractivity contribution in [2.75, 3.05) is 47.1 Å². The van der Waals surface area contributed by atoms with Crippen molar-refractivity contribution in [2.45, 2.75) is 13.0 Å². The van der Waals surface area contributed by atoms with Crippen LogP contribution in [-0.2, 0) is 19.1 Å². The van der Waals surface area contributed by atoms with E-state index in [1.54, 1.807) is 32.2 Å². The van der Waals surface area contributed by atoms with E-state index < -0.39 is 23.8 Å². The van der Waals surface area contributed by atoms with E-state index in [-0.39, 0.29) is 6.61 Å². The second-order valence-electron chi connectivity index (χ2n) is 6.33. The SMILES string of the molecule is CCOC(=O)[C@H]1C(=O)NC(N2CCOCC2)=N[C@H]1c1ccc(OC)c(OC)c1. The van der Waals surface area contributed by atoms with E-state index in [0.717, 1.165) is 0 Å². The van der Waals surface area contributed by atoms with Gasteiger partial charge in [0.05, 0.1) is 34.0 Å². The lowest BCUT2D eigenvalue weighted by Crippen LogP contribution is -2.55. The fourth-order valence-corrected chi connectivity index (χ4v) is 3.28. The predicted molar refractivity (Wildman–Crippen MR) is 100 cm³/mol. The number of hydrogen-bond donors (Lipinski definition) is 1. The smallest absolute Gasteiger partial charge is 0.321 e. The molecule has 0 spiro atoms. The number of guanidine groups is 1. The van der Waals surface area contributed by atoms with Crippen LogP contribution in [0.5, 0.6) is 11.5 Å². The highest BCUT2D eigenvalue weighted by molar-refractivity contribution is 6.08. The molecule has 2 aliphatic heterocycles. The maximum Gasteiger partial charge on any atom is 0.321 e. The van der Waals surface area contributed by atoms with Gasteiger partial charge in [-0.1, -0.05) is 6.07 Å². The molecule has 1 N–H and O–H groups in total. The Labute approximate surface area is 163 Å². The zero-order valence-corrected chi connectivity index (χ0v) is 16.3. The number of esters is 1. The maximum absolute atomic E-state index is 12.8. The van der Waals surface area contributed by atoms with E-state index in [9.17, 15) is 9.59 Å². The standard InChI is InChI=1S/C19H25N3O6/c1-4-28-18(24)15-16(12-5-6-13(25-2)14(11-12)26-3)20-19(21-17(15)23)22-7-9-27-10-8-22/h5-6,11,15-16H,4,7-10H2,1-3H3,(H,20,21,23)/t15-,16+/m1/s1. The average Bonchev–Trinajstić information content (AvgIpc) is 2.73. The van der Waals surface area contributed by atoms with Crippen LogP contribution in [0, 0.1) is 5.92 Å². The van der Waals surface area contributed by atoms with Gasteiger partial charge in [-0.2, -0.15) is 0 Å². The van der Waals surface area contributed by atoms with Gasteiger partial charge in [-0.15, -0.1) is 0 Å². The highest BCUT2D eigenvalue weighted by Crippen LogP contribution is 2.36. The van der Waals surface area contributed by atoms with Gasteiger partial charge in [-0.05, 0) is 24.6 Å². The summed E-state index contributed by atoms with van der Waals surface area (Å²) in [6.45, 7) is 4.21. The molecule has 1 amide bonds. The van der Waals surface area contributed by atoms with Gasteiger partial charge in [-0.3, -0.25) is 14.9 Å². The molecular formula is C19H25N3O6. The largest absolute Gasteiger partial charge is 0.493 e. The van der Waals surface area contributed by atoms with Crippen molar-refractivity contribution in [1.29, 1.82) is 0 Å². The Morgan fingerprint density at radius 2 is 1.96 bits per heavy atom. The molecule has 9 nitrogen and oxygen atoms in total. The quantitative estimate of drug-likeness (QED) is 0.584. The third-order valence-electron chi connectivity index (χ3n) is 4.69. The first-order chi connectivity index (χ1) is 13.6. The summed E-state index contributed by atoms with van der Waals surface area (Å²) >= 11 is 0. The van der Waals surface area contributed by atoms with E-state index in [1.807, 2.05) is 4.90 Å². The molecule has 2 aliphatic rings. The van der Waals surface area contributed by atoms with Crippen LogP contribution in [0.3, 0.4) is 0 Å². The highest BCUT2D eigenvalue weighted by Gasteiger charge is 2.42. The number of benzene rings is 1. The monoisotopic (exact) mass is 391 g/mol. The third kappa shape index (κ3) is 4.04. The first kappa shape index (κ1) is 19.9. The van der Waals surface area contributed by atoms with Crippen molar-refractivity contribution < 1.29 is 28.5 Å². The van der Waals surface area contributed by atoms with Crippen LogP contribution in [0.15, 0.2) is 23.2 Å². The predicted octanol–water partition coefficient (Wildman–Crippen LogP) is 0.742. The number of aliphatic imine (C=N–C) groups is 1. The van der Waals surface area contributed by atoms with Crippen LogP contribution in [-0.4, -0.2) is 69.9 Å². The molecule has 2 atom stereocenters. The molecule has 1 saturated heterocycles. The third-order valence-corrected chi connectivity index (χ3v) is 4.69. The summed E-state index contributed by atoms with van der Waals surface area (Å²) < 4.78 is 21.1. The summed E-state index contributed by atoms with van der Waals surface area (Å²) in [5.41, 5.74) is 0.663. The van der Waals surface area contributed by atoms with E-state index >= 15 is 0 Å². The van der Waals surface area contributed by atoms with Crippen molar-refractivity contribution in [1.82, 2.24) is 10.2 Å². The lowest BCUT2D eigenvalue weighted by Gasteiger charge is -2.35. The summed E-state index contributed by atoms with van der Waals surface area (Å²) in [5, 5.41) is 2.75. The van der Waals surface area contributed by atoms with E-state index in [1.165, 1.54) is 7.11 Å². The second-order valence-corrected chi connectivity index (χ2v) is 6.33. The van der Waals surface area contributed by atoms with Gasteiger partial charge >= 0.3 is 5.97 Å². The molecular weight excluding hydrogens is 366 g/mol. The Bertz CT molecular complexity index is 760. The number of hydrogen-bond acceptors (Lipinski definition) is 8. The highest BCUT2D eigenvalue weighted by atomic mass is 16.5. The summed E-state index contributed by atoms with van der Waals surface area (Å²) in [4.78, 5) is 32.0. The Morgan fingerprint density at radius 1 is 1.25 bits per heavy atom. The normalized spacial score (nSPS) is 22.2. The van der Waals surface area contributed by atoms with Gasteiger partial charge in [-0.25, -0.2) is 4.99 Å².